The van der Waals surface area contributed by atoms with E-state index in [1.165, 1.54) is 0 Å². The second-order valence-corrected chi connectivity index (χ2v) is 10.8. The molecule has 4 nitrogen and oxygen atoms in total. The van der Waals surface area contributed by atoms with Crippen LogP contribution in [0.3, 0.4) is 0 Å². The average molecular weight is 631 g/mol. The molecule has 38 heavy (non-hydrogen) atoms. The number of halogens is 4. The minimum atomic E-state index is -0.0213. The Bertz CT molecular complexity index is 1470. The van der Waals surface area contributed by atoms with Crippen LogP contribution in [0.25, 0.3) is 11.1 Å². The SMILES string of the molecule is COc1ccc(CN2Cc3c(-c4ccccc4Cl)cc(C(=O)CBr)cc3N(c3c(Cl)cccc3Cl)C2)cc1. The first-order chi connectivity index (χ1) is 18.4. The number of ether oxygens (including phenoxy) is 1. The molecule has 0 spiro atoms. The van der Waals surface area contributed by atoms with Crippen LogP contribution in [0.15, 0.2) is 78.9 Å². The molecule has 1 aliphatic heterocycles. The molecule has 8 heteroatoms. The number of alkyl halides is 1. The monoisotopic (exact) mass is 628 g/mol. The van der Waals surface area contributed by atoms with Crippen LogP contribution in [0, 0.1) is 0 Å². The van der Waals surface area contributed by atoms with Crippen LogP contribution in [-0.2, 0) is 13.1 Å². The van der Waals surface area contributed by atoms with Crippen molar-refractivity contribution < 1.29 is 9.53 Å². The van der Waals surface area contributed by atoms with E-state index in [9.17, 15) is 4.79 Å². The number of para-hydroxylation sites is 1. The fourth-order valence-electron chi connectivity index (χ4n) is 4.80. The minimum Gasteiger partial charge on any atom is -0.497 e. The van der Waals surface area contributed by atoms with E-state index in [0.29, 0.717) is 46.1 Å². The Morgan fingerprint density at radius 1 is 0.895 bits per heavy atom. The van der Waals surface area contributed by atoms with E-state index in [1.54, 1.807) is 7.11 Å². The van der Waals surface area contributed by atoms with Crippen molar-refractivity contribution in [3.05, 3.63) is 111 Å². The van der Waals surface area contributed by atoms with E-state index in [0.717, 1.165) is 33.7 Å². The Morgan fingerprint density at radius 2 is 1.58 bits per heavy atom. The molecule has 0 saturated carbocycles. The number of anilines is 2. The zero-order valence-electron chi connectivity index (χ0n) is 20.6. The van der Waals surface area contributed by atoms with Crippen molar-refractivity contribution in [3.8, 4) is 16.9 Å². The second-order valence-electron chi connectivity index (χ2n) is 9.03. The molecule has 5 rings (SSSR count). The van der Waals surface area contributed by atoms with Gasteiger partial charge in [0.1, 0.15) is 5.75 Å². The number of carbonyl (C=O) groups is 1. The summed E-state index contributed by atoms with van der Waals surface area (Å²) in [4.78, 5) is 17.3. The van der Waals surface area contributed by atoms with Gasteiger partial charge in [0.25, 0.3) is 0 Å². The lowest BCUT2D eigenvalue weighted by Crippen LogP contribution is -2.40. The van der Waals surface area contributed by atoms with Gasteiger partial charge in [-0.15, -0.1) is 0 Å². The molecule has 0 N–H and O–H groups in total. The number of rotatable bonds is 7. The first kappa shape index (κ1) is 27.0. The van der Waals surface area contributed by atoms with E-state index >= 15 is 0 Å². The Hall–Kier alpha value is -2.54. The van der Waals surface area contributed by atoms with Gasteiger partial charge in [0.15, 0.2) is 5.78 Å². The van der Waals surface area contributed by atoms with E-state index in [-0.39, 0.29) is 11.1 Å². The molecule has 0 aromatic heterocycles. The van der Waals surface area contributed by atoms with E-state index in [2.05, 4.69) is 37.9 Å². The molecule has 0 amide bonds. The van der Waals surface area contributed by atoms with Crippen molar-refractivity contribution in [2.45, 2.75) is 13.1 Å². The second kappa shape index (κ2) is 11.7. The first-order valence-corrected chi connectivity index (χ1v) is 14.2. The zero-order chi connectivity index (χ0) is 26.8. The lowest BCUT2D eigenvalue weighted by atomic mass is 9.92. The van der Waals surface area contributed by atoms with Crippen LogP contribution in [0.4, 0.5) is 11.4 Å². The summed E-state index contributed by atoms with van der Waals surface area (Å²) in [6.45, 7) is 1.85. The van der Waals surface area contributed by atoms with Crippen LogP contribution in [0.1, 0.15) is 21.5 Å². The number of nitrogens with zero attached hydrogens (tertiary/aromatic N) is 2. The number of Topliss-reactive ketones (excluding diaryl/α,β-unsaturated/α-hetero) is 1. The van der Waals surface area contributed by atoms with Gasteiger partial charge in [-0.05, 0) is 59.2 Å². The van der Waals surface area contributed by atoms with Gasteiger partial charge in [0.05, 0.1) is 34.8 Å². The summed E-state index contributed by atoms with van der Waals surface area (Å²) in [5, 5.41) is 1.90. The summed E-state index contributed by atoms with van der Waals surface area (Å²) >= 11 is 23.5. The van der Waals surface area contributed by atoms with Gasteiger partial charge in [-0.3, -0.25) is 9.69 Å². The minimum absolute atomic E-state index is 0.0213. The summed E-state index contributed by atoms with van der Waals surface area (Å²) in [7, 11) is 1.66. The molecule has 0 aliphatic carbocycles. The fourth-order valence-corrected chi connectivity index (χ4v) is 5.97. The Labute approximate surface area is 245 Å². The highest BCUT2D eigenvalue weighted by Gasteiger charge is 2.30. The van der Waals surface area contributed by atoms with Gasteiger partial charge < -0.3 is 9.64 Å². The lowest BCUT2D eigenvalue weighted by Gasteiger charge is -2.40. The van der Waals surface area contributed by atoms with Gasteiger partial charge in [0.2, 0.25) is 0 Å². The number of hydrogen-bond donors (Lipinski definition) is 0. The molecular weight excluding hydrogens is 607 g/mol. The van der Waals surface area contributed by atoms with Crippen LogP contribution in [0.5, 0.6) is 5.75 Å². The summed E-state index contributed by atoms with van der Waals surface area (Å²) in [6.07, 6.45) is 0. The number of carbonyl (C=O) groups excluding carboxylic acids is 1. The third-order valence-corrected chi connectivity index (χ3v) is 8.07. The fraction of sp³-hybridized carbons (Fsp3) is 0.167. The molecule has 194 valence electrons. The summed E-state index contributed by atoms with van der Waals surface area (Å²) < 4.78 is 5.33. The standard InChI is InChI=1S/C30H24BrCl3N2O2/c1-38-21-11-9-19(10-12-21)16-35-17-24-23(22-5-2-3-6-25(22)32)13-20(29(37)15-31)14-28(24)36(18-35)30-26(33)7-4-8-27(30)34/h2-14H,15-18H2,1H3. The van der Waals surface area contributed by atoms with E-state index < -0.39 is 0 Å². The van der Waals surface area contributed by atoms with Crippen molar-refractivity contribution in [1.29, 1.82) is 0 Å². The summed E-state index contributed by atoms with van der Waals surface area (Å²) in [5.41, 5.74) is 6.13. The van der Waals surface area contributed by atoms with Gasteiger partial charge >= 0.3 is 0 Å². The predicted molar refractivity (Wildman–Crippen MR) is 161 cm³/mol. The number of methoxy groups -OCH3 is 1. The predicted octanol–water partition coefficient (Wildman–Crippen LogP) is 9.01. The van der Waals surface area contributed by atoms with E-state index in [4.69, 9.17) is 39.5 Å². The molecule has 0 saturated heterocycles. The van der Waals surface area contributed by atoms with Crippen molar-refractivity contribution in [3.63, 3.8) is 0 Å². The number of benzene rings is 4. The highest BCUT2D eigenvalue weighted by atomic mass is 79.9. The summed E-state index contributed by atoms with van der Waals surface area (Å²) in [5.74, 6) is 0.791. The molecule has 0 unspecified atom stereocenters. The van der Waals surface area contributed by atoms with Crippen molar-refractivity contribution in [1.82, 2.24) is 4.90 Å². The molecule has 0 bridgehead atoms. The Balaban J connectivity index is 1.70. The normalized spacial score (nSPS) is 13.3. The quantitative estimate of drug-likeness (QED) is 0.151. The maximum absolute atomic E-state index is 12.9. The average Bonchev–Trinajstić information content (AvgIpc) is 2.93. The molecule has 0 fully saturated rings. The van der Waals surface area contributed by atoms with Crippen LogP contribution >= 0.6 is 50.7 Å². The van der Waals surface area contributed by atoms with Crippen molar-refractivity contribution >= 4 is 67.9 Å². The van der Waals surface area contributed by atoms with Gasteiger partial charge in [-0.2, -0.15) is 0 Å². The third kappa shape index (κ3) is 5.45. The summed E-state index contributed by atoms with van der Waals surface area (Å²) in [6, 6.07) is 25.1. The van der Waals surface area contributed by atoms with Gasteiger partial charge in [-0.25, -0.2) is 0 Å². The maximum Gasteiger partial charge on any atom is 0.173 e. The van der Waals surface area contributed by atoms with E-state index in [1.807, 2.05) is 66.7 Å². The van der Waals surface area contributed by atoms with Crippen LogP contribution < -0.4 is 9.64 Å². The van der Waals surface area contributed by atoms with Gasteiger partial charge in [-0.1, -0.05) is 87.1 Å². The molecule has 4 aromatic rings. The largest absolute Gasteiger partial charge is 0.497 e. The Morgan fingerprint density at radius 3 is 2.24 bits per heavy atom. The topological polar surface area (TPSA) is 32.8 Å². The van der Waals surface area contributed by atoms with Crippen molar-refractivity contribution in [2.75, 3.05) is 24.0 Å². The number of ketones is 1. The van der Waals surface area contributed by atoms with Crippen molar-refractivity contribution in [2.24, 2.45) is 0 Å². The van der Waals surface area contributed by atoms with Crippen LogP contribution in [0.2, 0.25) is 15.1 Å². The Kier molecular flexibility index (Phi) is 8.32. The number of fused-ring (bicyclic) bond motifs is 1. The maximum atomic E-state index is 12.9. The molecule has 4 aromatic carbocycles. The molecule has 1 aliphatic rings. The first-order valence-electron chi connectivity index (χ1n) is 12.0. The zero-order valence-corrected chi connectivity index (χ0v) is 24.4. The highest BCUT2D eigenvalue weighted by Crippen LogP contribution is 2.46. The van der Waals surface area contributed by atoms with Crippen LogP contribution in [-0.4, -0.2) is 29.8 Å². The molecule has 0 atom stereocenters. The molecule has 1 heterocycles. The molecular formula is C30H24BrCl3N2O2. The van der Waals surface area contributed by atoms with Gasteiger partial charge in [0, 0.05) is 34.9 Å². The highest BCUT2D eigenvalue weighted by molar-refractivity contribution is 9.09. The smallest absolute Gasteiger partial charge is 0.173 e. The lowest BCUT2D eigenvalue weighted by molar-refractivity contribution is 0.102. The third-order valence-electron chi connectivity index (χ3n) is 6.62. The molecule has 0 radical (unpaired) electrons. The number of hydrogen-bond acceptors (Lipinski definition) is 4.